The molecule has 0 spiro atoms. The molecule has 1 heterocycles. The third kappa shape index (κ3) is 4.92. The Hall–Kier alpha value is -2.66. The third-order valence-electron chi connectivity index (χ3n) is 3.74. The monoisotopic (exact) mass is 364 g/mol. The fourth-order valence-electron chi connectivity index (χ4n) is 2.46. The van der Waals surface area contributed by atoms with E-state index in [1.54, 1.807) is 49.0 Å². The third-order valence-corrected chi connectivity index (χ3v) is 4.66. The van der Waals surface area contributed by atoms with E-state index in [2.05, 4.69) is 41.2 Å². The summed E-state index contributed by atoms with van der Waals surface area (Å²) in [6.45, 7) is 5.55. The van der Waals surface area contributed by atoms with E-state index >= 15 is 0 Å². The van der Waals surface area contributed by atoms with Gasteiger partial charge in [-0.15, -0.1) is 0 Å². The average molecular weight is 364 g/mol. The molecule has 0 amide bonds. The highest BCUT2D eigenvalue weighted by Gasteiger charge is 2.07. The zero-order valence-corrected chi connectivity index (χ0v) is 15.8. The lowest BCUT2D eigenvalue weighted by Crippen LogP contribution is -1.96. The molecule has 0 radical (unpaired) electrons. The summed E-state index contributed by atoms with van der Waals surface area (Å²) in [7, 11) is 0. The standard InChI is InChI=1S/C21H20N2O2S/c1-14-5-4-6-17(11-14)13-26-21-22-15(2)12-20(23-21)25-19-9-7-18(8-10-19)16(3)24/h4-12H,13H2,1-3H3. The molecule has 0 atom stereocenters. The first-order valence-corrected chi connectivity index (χ1v) is 9.31. The van der Waals surface area contributed by atoms with E-state index in [9.17, 15) is 4.79 Å². The van der Waals surface area contributed by atoms with Crippen molar-refractivity contribution in [3.63, 3.8) is 0 Å². The van der Waals surface area contributed by atoms with Crippen LogP contribution >= 0.6 is 11.8 Å². The van der Waals surface area contributed by atoms with E-state index < -0.39 is 0 Å². The van der Waals surface area contributed by atoms with Crippen molar-refractivity contribution in [2.45, 2.75) is 31.7 Å². The Morgan fingerprint density at radius 1 is 1.04 bits per heavy atom. The summed E-state index contributed by atoms with van der Waals surface area (Å²) in [5, 5.41) is 0.682. The van der Waals surface area contributed by atoms with Gasteiger partial charge in [-0.25, -0.2) is 4.98 Å². The fraction of sp³-hybridized carbons (Fsp3) is 0.190. The lowest BCUT2D eigenvalue weighted by Gasteiger charge is -2.08. The number of aromatic nitrogens is 2. The van der Waals surface area contributed by atoms with Crippen molar-refractivity contribution in [3.8, 4) is 11.6 Å². The van der Waals surface area contributed by atoms with Gasteiger partial charge in [-0.2, -0.15) is 4.98 Å². The van der Waals surface area contributed by atoms with Crippen LogP contribution in [0.25, 0.3) is 0 Å². The molecule has 0 saturated heterocycles. The molecule has 3 rings (SSSR count). The minimum absolute atomic E-state index is 0.0317. The van der Waals surface area contributed by atoms with Gasteiger partial charge in [0, 0.05) is 23.1 Å². The van der Waals surface area contributed by atoms with Crippen molar-refractivity contribution in [3.05, 3.63) is 77.0 Å². The maximum atomic E-state index is 11.4. The number of thioether (sulfide) groups is 1. The Balaban J connectivity index is 1.71. The van der Waals surface area contributed by atoms with Crippen LogP contribution < -0.4 is 4.74 Å². The molecule has 0 unspecified atom stereocenters. The molecule has 3 aromatic rings. The molecule has 1 aromatic heterocycles. The van der Waals surface area contributed by atoms with Crippen molar-refractivity contribution >= 4 is 17.5 Å². The summed E-state index contributed by atoms with van der Waals surface area (Å²) < 4.78 is 5.83. The van der Waals surface area contributed by atoms with Crippen LogP contribution in [-0.4, -0.2) is 15.8 Å². The van der Waals surface area contributed by atoms with E-state index in [4.69, 9.17) is 4.74 Å². The molecule has 0 aliphatic rings. The molecule has 0 aliphatic heterocycles. The number of rotatable bonds is 6. The molecular formula is C21H20N2O2S. The summed E-state index contributed by atoms with van der Waals surface area (Å²) >= 11 is 1.58. The maximum absolute atomic E-state index is 11.4. The number of Topliss-reactive ketones (excluding diaryl/α,β-unsaturated/α-hetero) is 1. The van der Waals surface area contributed by atoms with Crippen LogP contribution in [0.2, 0.25) is 0 Å². The Kier molecular flexibility index (Phi) is 5.68. The molecule has 2 aromatic carbocycles. The number of hydrogen-bond acceptors (Lipinski definition) is 5. The predicted molar refractivity (Wildman–Crippen MR) is 104 cm³/mol. The van der Waals surface area contributed by atoms with Crippen LogP contribution in [0.1, 0.15) is 34.1 Å². The van der Waals surface area contributed by atoms with E-state index in [-0.39, 0.29) is 5.78 Å². The number of hydrogen-bond donors (Lipinski definition) is 0. The van der Waals surface area contributed by atoms with E-state index in [1.807, 2.05) is 6.92 Å². The van der Waals surface area contributed by atoms with Crippen molar-refractivity contribution in [2.24, 2.45) is 0 Å². The number of carbonyl (C=O) groups excluding carboxylic acids is 1. The Labute approximate surface area is 157 Å². The molecular weight excluding hydrogens is 344 g/mol. The van der Waals surface area contributed by atoms with Gasteiger partial charge >= 0.3 is 0 Å². The summed E-state index contributed by atoms with van der Waals surface area (Å²) in [6.07, 6.45) is 0. The van der Waals surface area contributed by atoms with Crippen molar-refractivity contribution in [1.29, 1.82) is 0 Å². The van der Waals surface area contributed by atoms with Crippen LogP contribution in [0.15, 0.2) is 59.8 Å². The van der Waals surface area contributed by atoms with Crippen molar-refractivity contribution in [1.82, 2.24) is 9.97 Å². The Morgan fingerprint density at radius 2 is 1.81 bits per heavy atom. The number of nitrogens with zero attached hydrogens (tertiary/aromatic N) is 2. The lowest BCUT2D eigenvalue weighted by atomic mass is 10.1. The van der Waals surface area contributed by atoms with Gasteiger partial charge in [0.15, 0.2) is 10.9 Å². The fourth-order valence-corrected chi connectivity index (χ4v) is 3.30. The van der Waals surface area contributed by atoms with Crippen LogP contribution in [0, 0.1) is 13.8 Å². The minimum atomic E-state index is 0.0317. The quantitative estimate of drug-likeness (QED) is 0.334. The van der Waals surface area contributed by atoms with Gasteiger partial charge in [0.25, 0.3) is 0 Å². The normalized spacial score (nSPS) is 10.6. The summed E-state index contributed by atoms with van der Waals surface area (Å²) in [6, 6.07) is 17.2. The first-order chi connectivity index (χ1) is 12.5. The predicted octanol–water partition coefficient (Wildman–Crippen LogP) is 5.38. The second kappa shape index (κ2) is 8.15. The molecule has 132 valence electrons. The number of benzene rings is 2. The van der Waals surface area contributed by atoms with Crippen LogP contribution in [-0.2, 0) is 5.75 Å². The second-order valence-electron chi connectivity index (χ2n) is 6.09. The number of carbonyl (C=O) groups is 1. The van der Waals surface area contributed by atoms with E-state index in [0.29, 0.717) is 22.3 Å². The first kappa shape index (κ1) is 18.1. The van der Waals surface area contributed by atoms with Gasteiger partial charge in [-0.1, -0.05) is 41.6 Å². The summed E-state index contributed by atoms with van der Waals surface area (Å²) in [4.78, 5) is 20.3. The van der Waals surface area contributed by atoms with Crippen LogP contribution in [0.5, 0.6) is 11.6 Å². The average Bonchev–Trinajstić information content (AvgIpc) is 2.60. The highest BCUT2D eigenvalue weighted by molar-refractivity contribution is 7.98. The Morgan fingerprint density at radius 3 is 2.50 bits per heavy atom. The molecule has 4 nitrogen and oxygen atoms in total. The first-order valence-electron chi connectivity index (χ1n) is 8.32. The highest BCUT2D eigenvalue weighted by atomic mass is 32.2. The molecule has 0 bridgehead atoms. The minimum Gasteiger partial charge on any atom is -0.439 e. The topological polar surface area (TPSA) is 52.1 Å². The lowest BCUT2D eigenvalue weighted by molar-refractivity contribution is 0.101. The summed E-state index contributed by atoms with van der Waals surface area (Å²) in [5.41, 5.74) is 3.99. The molecule has 26 heavy (non-hydrogen) atoms. The van der Waals surface area contributed by atoms with Crippen LogP contribution in [0.4, 0.5) is 0 Å². The summed E-state index contributed by atoms with van der Waals surface area (Å²) in [5.74, 6) is 1.98. The molecule has 5 heteroatoms. The zero-order chi connectivity index (χ0) is 18.5. The van der Waals surface area contributed by atoms with Gasteiger partial charge in [-0.3, -0.25) is 4.79 Å². The molecule has 0 aliphatic carbocycles. The van der Waals surface area contributed by atoms with E-state index in [1.165, 1.54) is 11.1 Å². The maximum Gasteiger partial charge on any atom is 0.223 e. The SMILES string of the molecule is CC(=O)c1ccc(Oc2cc(C)nc(SCc3cccc(C)c3)n2)cc1. The van der Waals surface area contributed by atoms with Gasteiger partial charge in [-0.05, 0) is 50.6 Å². The van der Waals surface area contributed by atoms with Crippen molar-refractivity contribution in [2.75, 3.05) is 0 Å². The van der Waals surface area contributed by atoms with Crippen molar-refractivity contribution < 1.29 is 9.53 Å². The molecule has 0 N–H and O–H groups in total. The smallest absolute Gasteiger partial charge is 0.223 e. The largest absolute Gasteiger partial charge is 0.439 e. The molecule has 0 saturated carbocycles. The Bertz CT molecular complexity index is 924. The second-order valence-corrected chi connectivity index (χ2v) is 7.03. The van der Waals surface area contributed by atoms with Crippen LogP contribution in [0.3, 0.4) is 0 Å². The molecule has 0 fully saturated rings. The van der Waals surface area contributed by atoms with Gasteiger partial charge in [0.05, 0.1) is 0 Å². The number of ether oxygens (including phenoxy) is 1. The van der Waals surface area contributed by atoms with Gasteiger partial charge in [0.2, 0.25) is 5.88 Å². The highest BCUT2D eigenvalue weighted by Crippen LogP contribution is 2.25. The number of ketones is 1. The number of aryl methyl sites for hydroxylation is 2. The van der Waals surface area contributed by atoms with Gasteiger partial charge < -0.3 is 4.74 Å². The van der Waals surface area contributed by atoms with E-state index in [0.717, 1.165) is 11.4 Å². The zero-order valence-electron chi connectivity index (χ0n) is 15.0. The van der Waals surface area contributed by atoms with Gasteiger partial charge in [0.1, 0.15) is 5.75 Å².